The fourth-order valence-corrected chi connectivity index (χ4v) is 3.66. The zero-order valence-corrected chi connectivity index (χ0v) is 17.0. The molecule has 1 aliphatic carbocycles. The summed E-state index contributed by atoms with van der Waals surface area (Å²) in [7, 11) is 0. The van der Waals surface area contributed by atoms with Gasteiger partial charge in [-0.2, -0.15) is 0 Å². The number of hydrogen-bond acceptors (Lipinski definition) is 3. The SMILES string of the molecule is Cc1ccc(C(C)C)c(OC(C)C(=O)N2CCCC(C(=O)NC3CC3)C2)c1. The second kappa shape index (κ2) is 8.32. The number of ether oxygens (including phenoxy) is 1. The van der Waals surface area contributed by atoms with Gasteiger partial charge in [0.2, 0.25) is 5.91 Å². The van der Waals surface area contributed by atoms with Crippen LogP contribution >= 0.6 is 0 Å². The minimum absolute atomic E-state index is 0.0323. The van der Waals surface area contributed by atoms with E-state index in [9.17, 15) is 9.59 Å². The van der Waals surface area contributed by atoms with E-state index in [1.165, 1.54) is 0 Å². The summed E-state index contributed by atoms with van der Waals surface area (Å²) in [5.41, 5.74) is 2.23. The third kappa shape index (κ3) is 5.02. The van der Waals surface area contributed by atoms with E-state index in [1.54, 1.807) is 4.90 Å². The molecule has 1 aromatic carbocycles. The summed E-state index contributed by atoms with van der Waals surface area (Å²) in [5, 5.41) is 3.07. The molecule has 1 heterocycles. The van der Waals surface area contributed by atoms with Crippen molar-refractivity contribution in [2.45, 2.75) is 71.4 Å². The van der Waals surface area contributed by atoms with Gasteiger partial charge in [-0.3, -0.25) is 9.59 Å². The number of rotatable bonds is 6. The van der Waals surface area contributed by atoms with Crippen molar-refractivity contribution in [1.29, 1.82) is 0 Å². The maximum absolute atomic E-state index is 12.9. The van der Waals surface area contributed by atoms with Crippen molar-refractivity contribution >= 4 is 11.8 Å². The van der Waals surface area contributed by atoms with Gasteiger partial charge in [0.25, 0.3) is 5.91 Å². The van der Waals surface area contributed by atoms with Crippen LogP contribution in [0.4, 0.5) is 0 Å². The summed E-state index contributed by atoms with van der Waals surface area (Å²) in [6.45, 7) is 9.27. The van der Waals surface area contributed by atoms with E-state index in [0.29, 0.717) is 25.0 Å². The Morgan fingerprint density at radius 3 is 2.59 bits per heavy atom. The zero-order valence-electron chi connectivity index (χ0n) is 17.0. The second-order valence-corrected chi connectivity index (χ2v) is 8.36. The summed E-state index contributed by atoms with van der Waals surface area (Å²) in [6.07, 6.45) is 3.33. The van der Waals surface area contributed by atoms with Crippen molar-refractivity contribution < 1.29 is 14.3 Å². The van der Waals surface area contributed by atoms with Crippen LogP contribution in [0.3, 0.4) is 0 Å². The van der Waals surface area contributed by atoms with Crippen LogP contribution in [0, 0.1) is 12.8 Å². The molecule has 2 unspecified atom stereocenters. The summed E-state index contributed by atoms with van der Waals surface area (Å²) in [5.74, 6) is 1.08. The Kier molecular flexibility index (Phi) is 6.08. The van der Waals surface area contributed by atoms with E-state index < -0.39 is 6.10 Å². The van der Waals surface area contributed by atoms with Crippen LogP contribution in [-0.2, 0) is 9.59 Å². The van der Waals surface area contributed by atoms with Gasteiger partial charge >= 0.3 is 0 Å². The zero-order chi connectivity index (χ0) is 19.6. The topological polar surface area (TPSA) is 58.6 Å². The van der Waals surface area contributed by atoms with Gasteiger partial charge in [-0.1, -0.05) is 26.0 Å². The molecule has 5 heteroatoms. The fraction of sp³-hybridized carbons (Fsp3) is 0.636. The van der Waals surface area contributed by atoms with Crippen LogP contribution in [-0.4, -0.2) is 41.9 Å². The van der Waals surface area contributed by atoms with Crippen molar-refractivity contribution in [2.75, 3.05) is 13.1 Å². The van der Waals surface area contributed by atoms with Gasteiger partial charge < -0.3 is 15.0 Å². The van der Waals surface area contributed by atoms with Crippen LogP contribution in [0.1, 0.15) is 63.5 Å². The highest BCUT2D eigenvalue weighted by atomic mass is 16.5. The number of nitrogens with zero attached hydrogens (tertiary/aromatic N) is 1. The van der Waals surface area contributed by atoms with Crippen LogP contribution in [0.5, 0.6) is 5.75 Å². The molecule has 2 amide bonds. The van der Waals surface area contributed by atoms with Crippen LogP contribution in [0.15, 0.2) is 18.2 Å². The second-order valence-electron chi connectivity index (χ2n) is 8.36. The third-order valence-electron chi connectivity index (χ3n) is 5.47. The average molecular weight is 373 g/mol. The molecule has 2 aliphatic rings. The van der Waals surface area contributed by atoms with Gasteiger partial charge in [-0.25, -0.2) is 0 Å². The lowest BCUT2D eigenvalue weighted by Gasteiger charge is -2.34. The van der Waals surface area contributed by atoms with Crippen molar-refractivity contribution in [2.24, 2.45) is 5.92 Å². The predicted octanol–water partition coefficient (Wildman–Crippen LogP) is 3.40. The minimum Gasteiger partial charge on any atom is -0.481 e. The number of likely N-dealkylation sites (tertiary alicyclic amines) is 1. The molecule has 0 aromatic heterocycles. The van der Waals surface area contributed by atoms with E-state index in [-0.39, 0.29) is 17.7 Å². The Morgan fingerprint density at radius 2 is 1.93 bits per heavy atom. The molecule has 2 atom stereocenters. The fourth-order valence-electron chi connectivity index (χ4n) is 3.66. The van der Waals surface area contributed by atoms with Gasteiger partial charge in [0.15, 0.2) is 6.10 Å². The number of benzene rings is 1. The first-order valence-corrected chi connectivity index (χ1v) is 10.2. The summed E-state index contributed by atoms with van der Waals surface area (Å²) in [6, 6.07) is 6.51. The monoisotopic (exact) mass is 372 g/mol. The number of hydrogen-bond donors (Lipinski definition) is 1. The molecule has 0 bridgehead atoms. The lowest BCUT2D eigenvalue weighted by atomic mass is 9.96. The summed E-state index contributed by atoms with van der Waals surface area (Å²) in [4.78, 5) is 27.1. The van der Waals surface area contributed by atoms with E-state index in [1.807, 2.05) is 19.9 Å². The maximum Gasteiger partial charge on any atom is 0.263 e. The Bertz CT molecular complexity index is 697. The Hall–Kier alpha value is -2.04. The first-order valence-electron chi connectivity index (χ1n) is 10.2. The molecule has 1 saturated heterocycles. The molecule has 1 aromatic rings. The molecule has 0 spiro atoms. The number of aryl methyl sites for hydroxylation is 1. The highest BCUT2D eigenvalue weighted by Gasteiger charge is 2.33. The molecule has 1 aliphatic heterocycles. The average Bonchev–Trinajstić information content (AvgIpc) is 3.45. The highest BCUT2D eigenvalue weighted by Crippen LogP contribution is 2.29. The molecule has 0 radical (unpaired) electrons. The van der Waals surface area contributed by atoms with Gasteiger partial charge in [0, 0.05) is 19.1 Å². The van der Waals surface area contributed by atoms with Crippen molar-refractivity contribution in [3.8, 4) is 5.75 Å². The summed E-state index contributed by atoms with van der Waals surface area (Å²) >= 11 is 0. The van der Waals surface area contributed by atoms with Crippen molar-refractivity contribution in [3.63, 3.8) is 0 Å². The third-order valence-corrected chi connectivity index (χ3v) is 5.47. The predicted molar refractivity (Wildman–Crippen MR) is 106 cm³/mol. The number of amides is 2. The normalized spacial score (nSPS) is 21.1. The molecular weight excluding hydrogens is 340 g/mol. The molecule has 1 N–H and O–H groups in total. The van der Waals surface area contributed by atoms with Gasteiger partial charge in [0.1, 0.15) is 5.75 Å². The first-order chi connectivity index (χ1) is 12.8. The minimum atomic E-state index is -0.561. The van der Waals surface area contributed by atoms with Gasteiger partial charge in [0.05, 0.1) is 5.92 Å². The van der Waals surface area contributed by atoms with E-state index >= 15 is 0 Å². The largest absolute Gasteiger partial charge is 0.481 e. The quantitative estimate of drug-likeness (QED) is 0.833. The van der Waals surface area contributed by atoms with Crippen molar-refractivity contribution in [1.82, 2.24) is 10.2 Å². The molecule has 5 nitrogen and oxygen atoms in total. The molecule has 27 heavy (non-hydrogen) atoms. The standard InChI is InChI=1S/C22H32N2O3/c1-14(2)19-10-7-15(3)12-20(19)27-16(4)22(26)24-11-5-6-17(13-24)21(25)23-18-8-9-18/h7,10,12,14,16-18H,5-6,8-9,11,13H2,1-4H3,(H,23,25). The Labute approximate surface area is 162 Å². The molecule has 3 rings (SSSR count). The van der Waals surface area contributed by atoms with Crippen LogP contribution < -0.4 is 10.1 Å². The van der Waals surface area contributed by atoms with Crippen molar-refractivity contribution in [3.05, 3.63) is 29.3 Å². The number of carbonyl (C=O) groups excluding carboxylic acids is 2. The van der Waals surface area contributed by atoms with E-state index in [4.69, 9.17) is 4.74 Å². The smallest absolute Gasteiger partial charge is 0.263 e. The Morgan fingerprint density at radius 1 is 1.19 bits per heavy atom. The number of carbonyl (C=O) groups is 2. The number of nitrogens with one attached hydrogen (secondary N) is 1. The van der Waals surface area contributed by atoms with Crippen LogP contribution in [0.25, 0.3) is 0 Å². The van der Waals surface area contributed by atoms with Crippen LogP contribution in [0.2, 0.25) is 0 Å². The van der Waals surface area contributed by atoms with Gasteiger partial charge in [-0.05, 0) is 62.6 Å². The number of piperidine rings is 1. The lowest BCUT2D eigenvalue weighted by molar-refractivity contribution is -0.141. The van der Waals surface area contributed by atoms with E-state index in [0.717, 1.165) is 42.6 Å². The molecule has 148 valence electrons. The molecule has 1 saturated carbocycles. The first kappa shape index (κ1) is 19.7. The molecular formula is C22H32N2O3. The Balaban J connectivity index is 1.63. The lowest BCUT2D eigenvalue weighted by Crippen LogP contribution is -2.49. The van der Waals surface area contributed by atoms with E-state index in [2.05, 4.69) is 31.3 Å². The highest BCUT2D eigenvalue weighted by molar-refractivity contribution is 5.83. The van der Waals surface area contributed by atoms with Gasteiger partial charge in [-0.15, -0.1) is 0 Å². The maximum atomic E-state index is 12.9. The summed E-state index contributed by atoms with van der Waals surface area (Å²) < 4.78 is 6.08. The molecule has 2 fully saturated rings.